The molecular weight excluding hydrogens is 282 g/mol. The Labute approximate surface area is 119 Å². The molecule has 2 aliphatic heterocycles. The normalized spacial score (nSPS) is 24.9. The van der Waals surface area contributed by atoms with Crippen LogP contribution in [0.5, 0.6) is 0 Å². The van der Waals surface area contributed by atoms with E-state index >= 15 is 0 Å². The van der Waals surface area contributed by atoms with Gasteiger partial charge in [0.25, 0.3) is 5.12 Å². The molecule has 20 heavy (non-hydrogen) atoms. The smallest absolute Gasteiger partial charge is 0.410 e. The summed E-state index contributed by atoms with van der Waals surface area (Å²) in [5.41, 5.74) is -1.32. The van der Waals surface area contributed by atoms with Crippen LogP contribution in [0.1, 0.15) is 40.0 Å². The van der Waals surface area contributed by atoms with Crippen molar-refractivity contribution < 1.29 is 22.7 Å². The van der Waals surface area contributed by atoms with Gasteiger partial charge in [0.05, 0.1) is 5.75 Å². The van der Waals surface area contributed by atoms with Gasteiger partial charge < -0.3 is 9.64 Å². The van der Waals surface area contributed by atoms with Gasteiger partial charge in [-0.2, -0.15) is 0 Å². The predicted octanol–water partition coefficient (Wildman–Crippen LogP) is 1.35. The second-order valence-electron chi connectivity index (χ2n) is 6.60. The first-order valence-electron chi connectivity index (χ1n) is 6.81. The number of carbonyl (C=O) groups excluding carboxylic acids is 2. The van der Waals surface area contributed by atoms with Gasteiger partial charge in [-0.15, -0.1) is 0 Å². The van der Waals surface area contributed by atoms with Gasteiger partial charge in [0, 0.05) is 18.5 Å². The summed E-state index contributed by atoms with van der Waals surface area (Å²) in [4.78, 5) is 25.5. The minimum atomic E-state index is -3.57. The van der Waals surface area contributed by atoms with Crippen molar-refractivity contribution in [2.24, 2.45) is 5.41 Å². The fourth-order valence-electron chi connectivity index (χ4n) is 2.75. The second-order valence-corrected chi connectivity index (χ2v) is 8.61. The van der Waals surface area contributed by atoms with Crippen LogP contribution in [0.4, 0.5) is 4.79 Å². The summed E-state index contributed by atoms with van der Waals surface area (Å²) in [6, 6.07) is 0. The molecule has 2 rings (SSSR count). The van der Waals surface area contributed by atoms with Gasteiger partial charge in [0.1, 0.15) is 5.60 Å². The lowest BCUT2D eigenvalue weighted by Gasteiger charge is -2.37. The molecule has 0 aromatic carbocycles. The van der Waals surface area contributed by atoms with E-state index in [4.69, 9.17) is 4.74 Å². The Balaban J connectivity index is 2.00. The molecular formula is C13H21NO5S. The molecule has 0 atom stereocenters. The SMILES string of the molecule is CC(C)(C)OC(=O)N1CCC2(CC1)CCS(=O)(=O)C2=O. The van der Waals surface area contributed by atoms with Crippen LogP contribution in [0.25, 0.3) is 0 Å². The maximum atomic E-state index is 12.0. The Morgan fingerprint density at radius 3 is 2.15 bits per heavy atom. The molecule has 114 valence electrons. The topological polar surface area (TPSA) is 80.8 Å². The third kappa shape index (κ3) is 2.82. The summed E-state index contributed by atoms with van der Waals surface area (Å²) in [5.74, 6) is -0.0573. The quantitative estimate of drug-likeness (QED) is 0.675. The molecule has 0 N–H and O–H groups in total. The number of likely N-dealkylation sites (tertiary alicyclic amines) is 1. The molecule has 0 unspecified atom stereocenters. The van der Waals surface area contributed by atoms with E-state index in [2.05, 4.69) is 0 Å². The van der Waals surface area contributed by atoms with Crippen LogP contribution in [0.2, 0.25) is 0 Å². The van der Waals surface area contributed by atoms with Crippen molar-refractivity contribution in [3.63, 3.8) is 0 Å². The fourth-order valence-corrected chi connectivity index (χ4v) is 4.56. The van der Waals surface area contributed by atoms with Gasteiger partial charge in [-0.25, -0.2) is 13.2 Å². The average Bonchev–Trinajstić information content (AvgIpc) is 2.53. The van der Waals surface area contributed by atoms with Crippen molar-refractivity contribution in [1.29, 1.82) is 0 Å². The maximum Gasteiger partial charge on any atom is 0.410 e. The second kappa shape index (κ2) is 4.72. The number of hydrogen-bond donors (Lipinski definition) is 0. The van der Waals surface area contributed by atoms with Gasteiger partial charge in [-0.05, 0) is 40.0 Å². The molecule has 0 radical (unpaired) electrons. The summed E-state index contributed by atoms with van der Waals surface area (Å²) in [6.07, 6.45) is 0.797. The van der Waals surface area contributed by atoms with Crippen molar-refractivity contribution in [2.75, 3.05) is 18.8 Å². The summed E-state index contributed by atoms with van der Waals surface area (Å²) in [7, 11) is -3.57. The van der Waals surface area contributed by atoms with E-state index in [-0.39, 0.29) is 5.75 Å². The molecule has 6 nitrogen and oxygen atoms in total. The predicted molar refractivity (Wildman–Crippen MR) is 72.9 cm³/mol. The molecule has 1 amide bonds. The number of hydrogen-bond acceptors (Lipinski definition) is 5. The van der Waals surface area contributed by atoms with Gasteiger partial charge in [0.15, 0.2) is 0 Å². The van der Waals surface area contributed by atoms with E-state index < -0.39 is 32.1 Å². The molecule has 7 heteroatoms. The Hall–Kier alpha value is -1.11. The zero-order valence-corrected chi connectivity index (χ0v) is 13.0. The lowest BCUT2D eigenvalue weighted by atomic mass is 9.78. The highest BCUT2D eigenvalue weighted by atomic mass is 32.2. The zero-order valence-electron chi connectivity index (χ0n) is 12.1. The Bertz CT molecular complexity index is 523. The average molecular weight is 303 g/mol. The van der Waals surface area contributed by atoms with Gasteiger partial charge in [-0.1, -0.05) is 0 Å². The van der Waals surface area contributed by atoms with E-state index in [9.17, 15) is 18.0 Å². The number of rotatable bonds is 0. The molecule has 2 heterocycles. The first-order valence-corrected chi connectivity index (χ1v) is 8.46. The maximum absolute atomic E-state index is 12.0. The van der Waals surface area contributed by atoms with Gasteiger partial charge in [-0.3, -0.25) is 4.79 Å². The highest BCUT2D eigenvalue weighted by molar-refractivity contribution is 8.06. The summed E-state index contributed by atoms with van der Waals surface area (Å²) < 4.78 is 28.4. The third-order valence-corrected chi connectivity index (χ3v) is 5.68. The molecule has 0 aliphatic carbocycles. The minimum Gasteiger partial charge on any atom is -0.444 e. The minimum absolute atomic E-state index is 0.0573. The van der Waals surface area contributed by atoms with Crippen molar-refractivity contribution in [3.8, 4) is 0 Å². The number of piperidine rings is 1. The van der Waals surface area contributed by atoms with Crippen LogP contribution in [-0.2, 0) is 19.4 Å². The third-order valence-electron chi connectivity index (χ3n) is 3.94. The summed E-state index contributed by atoms with van der Waals surface area (Å²) in [5, 5.41) is -0.631. The Kier molecular flexibility index (Phi) is 3.60. The summed E-state index contributed by atoms with van der Waals surface area (Å²) in [6.45, 7) is 6.13. The lowest BCUT2D eigenvalue weighted by Crippen LogP contribution is -2.47. The Morgan fingerprint density at radius 1 is 1.20 bits per heavy atom. The molecule has 0 aromatic rings. The molecule has 2 saturated heterocycles. The molecule has 0 aromatic heterocycles. The van der Waals surface area contributed by atoms with E-state index in [1.807, 2.05) is 0 Å². The molecule has 2 aliphatic rings. The largest absolute Gasteiger partial charge is 0.444 e. The fraction of sp³-hybridized carbons (Fsp3) is 0.846. The highest BCUT2D eigenvalue weighted by Crippen LogP contribution is 2.43. The first-order chi connectivity index (χ1) is 9.06. The number of sulfone groups is 1. The van der Waals surface area contributed by atoms with Gasteiger partial charge in [0.2, 0.25) is 9.84 Å². The van der Waals surface area contributed by atoms with Crippen LogP contribution < -0.4 is 0 Å². The van der Waals surface area contributed by atoms with E-state index in [1.54, 1.807) is 25.7 Å². The van der Waals surface area contributed by atoms with Crippen LogP contribution in [0, 0.1) is 5.41 Å². The highest BCUT2D eigenvalue weighted by Gasteiger charge is 2.52. The number of amides is 1. The van der Waals surface area contributed by atoms with Gasteiger partial charge >= 0.3 is 6.09 Å². The lowest BCUT2D eigenvalue weighted by molar-refractivity contribution is -0.122. The van der Waals surface area contributed by atoms with Crippen molar-refractivity contribution >= 4 is 21.0 Å². The first kappa shape index (κ1) is 15.3. The molecule has 0 bridgehead atoms. The molecule has 0 saturated carbocycles. The van der Waals surface area contributed by atoms with Crippen molar-refractivity contribution in [3.05, 3.63) is 0 Å². The number of carbonyl (C=O) groups is 2. The van der Waals surface area contributed by atoms with Crippen LogP contribution >= 0.6 is 0 Å². The van der Waals surface area contributed by atoms with E-state index in [0.717, 1.165) is 0 Å². The van der Waals surface area contributed by atoms with Crippen molar-refractivity contribution in [1.82, 2.24) is 4.90 Å². The molecule has 1 spiro atoms. The number of nitrogens with zero attached hydrogens (tertiary/aromatic N) is 1. The monoisotopic (exact) mass is 303 g/mol. The van der Waals surface area contributed by atoms with Crippen LogP contribution in [0.3, 0.4) is 0 Å². The Morgan fingerprint density at radius 2 is 1.75 bits per heavy atom. The zero-order chi connectivity index (χ0) is 15.2. The van der Waals surface area contributed by atoms with Crippen molar-refractivity contribution in [2.45, 2.75) is 45.6 Å². The number of ether oxygens (including phenoxy) is 1. The van der Waals surface area contributed by atoms with E-state index in [0.29, 0.717) is 32.4 Å². The molecule has 2 fully saturated rings. The van der Waals surface area contributed by atoms with Crippen LogP contribution in [-0.4, -0.2) is 49.0 Å². The van der Waals surface area contributed by atoms with E-state index in [1.165, 1.54) is 0 Å². The standard InChI is InChI=1S/C13H21NO5S/c1-12(2,3)19-11(16)14-7-4-13(5-8-14)6-9-20(17,18)10(13)15/h4-9H2,1-3H3. The van der Waals surface area contributed by atoms with Crippen LogP contribution in [0.15, 0.2) is 0 Å². The summed E-state index contributed by atoms with van der Waals surface area (Å²) >= 11 is 0.